The van der Waals surface area contributed by atoms with E-state index in [0.717, 1.165) is 11.1 Å². The number of nitrogens with zero attached hydrogens (tertiary/aromatic N) is 1. The molecule has 0 saturated carbocycles. The molecule has 1 atom stereocenters. The summed E-state index contributed by atoms with van der Waals surface area (Å²) in [4.78, 5) is 26.8. The number of carbonyl (C=O) groups excluding carboxylic acids is 2. The van der Waals surface area contributed by atoms with Gasteiger partial charge in [-0.15, -0.1) is 0 Å². The summed E-state index contributed by atoms with van der Waals surface area (Å²) in [6, 6.07) is 13.4. The molecule has 0 aromatic heterocycles. The molecule has 0 bridgehead atoms. The molecule has 2 aromatic rings. The maximum atomic E-state index is 14.0. The second-order valence-electron chi connectivity index (χ2n) is 6.32. The maximum absolute atomic E-state index is 14.0. The van der Waals surface area contributed by atoms with Gasteiger partial charge >= 0.3 is 0 Å². The molecule has 1 N–H and O–H groups in total. The molecular formula is C21H25FN2O2. The lowest BCUT2D eigenvalue weighted by Gasteiger charge is -2.30. The number of likely N-dealkylation sites (N-methyl/N-ethyl adjacent to an activating group) is 1. The topological polar surface area (TPSA) is 49.4 Å². The Balaban J connectivity index is 2.30. The molecule has 4 nitrogen and oxygen atoms in total. The predicted molar refractivity (Wildman–Crippen MR) is 100.0 cm³/mol. The number of carbonyl (C=O) groups is 2. The highest BCUT2D eigenvalue weighted by atomic mass is 19.1. The molecule has 0 fully saturated rings. The highest BCUT2D eigenvalue weighted by Gasteiger charge is 2.28. The van der Waals surface area contributed by atoms with E-state index in [0.29, 0.717) is 18.5 Å². The summed E-state index contributed by atoms with van der Waals surface area (Å²) in [6.07, 6.45) is 0.403. The molecule has 0 saturated heterocycles. The second-order valence-corrected chi connectivity index (χ2v) is 6.32. The fraction of sp³-hybridized carbons (Fsp3) is 0.333. The molecule has 5 heteroatoms. The van der Waals surface area contributed by atoms with Crippen LogP contribution in [0.3, 0.4) is 0 Å². The van der Waals surface area contributed by atoms with E-state index in [-0.39, 0.29) is 18.2 Å². The number of hydrogen-bond donors (Lipinski definition) is 1. The van der Waals surface area contributed by atoms with Gasteiger partial charge in [0.05, 0.1) is 6.42 Å². The summed E-state index contributed by atoms with van der Waals surface area (Å²) >= 11 is 0. The zero-order valence-electron chi connectivity index (χ0n) is 15.5. The molecule has 2 amide bonds. The maximum Gasteiger partial charge on any atom is 0.242 e. The molecule has 0 radical (unpaired) electrons. The standard InChI is InChI=1S/C21H25FN2O2/c1-4-19(21(26)23-3)24(14-16-9-7-8-15(2)12-16)20(25)13-17-10-5-6-11-18(17)22/h5-12,19H,4,13-14H2,1-3H3,(H,23,26)/t19-/m1/s1. The lowest BCUT2D eigenvalue weighted by Crippen LogP contribution is -2.48. The lowest BCUT2D eigenvalue weighted by molar-refractivity contribution is -0.140. The fourth-order valence-corrected chi connectivity index (χ4v) is 3.00. The van der Waals surface area contributed by atoms with Gasteiger partial charge in [0, 0.05) is 13.6 Å². The monoisotopic (exact) mass is 356 g/mol. The number of halogens is 1. The van der Waals surface area contributed by atoms with Crippen LogP contribution in [0.4, 0.5) is 4.39 Å². The number of hydrogen-bond acceptors (Lipinski definition) is 2. The van der Waals surface area contributed by atoms with Gasteiger partial charge in [0.2, 0.25) is 11.8 Å². The summed E-state index contributed by atoms with van der Waals surface area (Å²) in [5, 5.41) is 2.62. The smallest absolute Gasteiger partial charge is 0.242 e. The van der Waals surface area contributed by atoms with Crippen LogP contribution in [-0.4, -0.2) is 29.8 Å². The van der Waals surface area contributed by atoms with Crippen LogP contribution in [0.5, 0.6) is 0 Å². The van der Waals surface area contributed by atoms with Crippen molar-refractivity contribution in [1.82, 2.24) is 10.2 Å². The van der Waals surface area contributed by atoms with Crippen LogP contribution in [-0.2, 0) is 22.6 Å². The minimum atomic E-state index is -0.597. The predicted octanol–water partition coefficient (Wildman–Crippen LogP) is 3.23. The lowest BCUT2D eigenvalue weighted by atomic mass is 10.1. The van der Waals surface area contributed by atoms with Gasteiger partial charge in [-0.3, -0.25) is 9.59 Å². The van der Waals surface area contributed by atoms with Crippen molar-refractivity contribution < 1.29 is 14.0 Å². The normalized spacial score (nSPS) is 11.7. The average Bonchev–Trinajstić information content (AvgIpc) is 2.63. The quantitative estimate of drug-likeness (QED) is 0.828. The molecular weight excluding hydrogens is 331 g/mol. The Labute approximate surface area is 154 Å². The number of nitrogens with one attached hydrogen (secondary N) is 1. The molecule has 0 heterocycles. The Morgan fingerprint density at radius 3 is 2.50 bits per heavy atom. The van der Waals surface area contributed by atoms with Crippen molar-refractivity contribution in [3.05, 3.63) is 71.0 Å². The van der Waals surface area contributed by atoms with Crippen molar-refractivity contribution in [3.63, 3.8) is 0 Å². The van der Waals surface area contributed by atoms with Gasteiger partial charge in [-0.2, -0.15) is 0 Å². The Hall–Kier alpha value is -2.69. The van der Waals surface area contributed by atoms with E-state index in [1.807, 2.05) is 38.1 Å². The molecule has 0 aliphatic heterocycles. The molecule has 2 aromatic carbocycles. The SMILES string of the molecule is CC[C@H](C(=O)NC)N(Cc1cccc(C)c1)C(=O)Cc1ccccc1F. The molecule has 138 valence electrons. The van der Waals surface area contributed by atoms with Crippen molar-refractivity contribution >= 4 is 11.8 Å². The Morgan fingerprint density at radius 1 is 1.15 bits per heavy atom. The number of rotatable bonds is 7. The van der Waals surface area contributed by atoms with Crippen LogP contribution < -0.4 is 5.32 Å². The van der Waals surface area contributed by atoms with Crippen LogP contribution in [0.2, 0.25) is 0 Å². The Morgan fingerprint density at radius 2 is 1.88 bits per heavy atom. The van der Waals surface area contributed by atoms with Crippen molar-refractivity contribution in [2.24, 2.45) is 0 Å². The Kier molecular flexibility index (Phi) is 6.89. The Bertz CT molecular complexity index is 776. The van der Waals surface area contributed by atoms with Crippen LogP contribution in [0, 0.1) is 12.7 Å². The van der Waals surface area contributed by atoms with Crippen LogP contribution in [0.25, 0.3) is 0 Å². The van der Waals surface area contributed by atoms with Gasteiger partial charge in [-0.1, -0.05) is 55.0 Å². The van der Waals surface area contributed by atoms with Crippen molar-refractivity contribution in [1.29, 1.82) is 0 Å². The average molecular weight is 356 g/mol. The third-order valence-electron chi connectivity index (χ3n) is 4.37. The van der Waals surface area contributed by atoms with E-state index in [1.54, 1.807) is 30.1 Å². The summed E-state index contributed by atoms with van der Waals surface area (Å²) in [7, 11) is 1.55. The number of benzene rings is 2. The third-order valence-corrected chi connectivity index (χ3v) is 4.37. The molecule has 0 aliphatic carbocycles. The first-order chi connectivity index (χ1) is 12.5. The summed E-state index contributed by atoms with van der Waals surface area (Å²) in [5.41, 5.74) is 2.35. The van der Waals surface area contributed by atoms with E-state index in [2.05, 4.69) is 5.32 Å². The summed E-state index contributed by atoms with van der Waals surface area (Å²) in [6.45, 7) is 4.14. The van der Waals surface area contributed by atoms with E-state index in [9.17, 15) is 14.0 Å². The third kappa shape index (κ3) is 4.91. The van der Waals surface area contributed by atoms with Gasteiger partial charge in [0.15, 0.2) is 0 Å². The second kappa shape index (κ2) is 9.13. The molecule has 0 unspecified atom stereocenters. The first-order valence-corrected chi connectivity index (χ1v) is 8.76. The minimum absolute atomic E-state index is 0.0774. The van der Waals surface area contributed by atoms with E-state index in [4.69, 9.17) is 0 Å². The van der Waals surface area contributed by atoms with E-state index in [1.165, 1.54) is 6.07 Å². The van der Waals surface area contributed by atoms with Gasteiger partial charge in [0.1, 0.15) is 11.9 Å². The summed E-state index contributed by atoms with van der Waals surface area (Å²) in [5.74, 6) is -0.904. The largest absolute Gasteiger partial charge is 0.357 e. The van der Waals surface area contributed by atoms with Gasteiger partial charge in [-0.25, -0.2) is 4.39 Å². The van der Waals surface area contributed by atoms with Gasteiger partial charge in [-0.05, 0) is 30.5 Å². The molecule has 2 rings (SSSR count). The van der Waals surface area contributed by atoms with Crippen LogP contribution in [0.1, 0.15) is 30.0 Å². The first kappa shape index (κ1) is 19.6. The molecule has 0 aliphatic rings. The zero-order chi connectivity index (χ0) is 19.1. The highest BCUT2D eigenvalue weighted by Crippen LogP contribution is 2.16. The van der Waals surface area contributed by atoms with Crippen LogP contribution >= 0.6 is 0 Å². The fourth-order valence-electron chi connectivity index (χ4n) is 3.00. The van der Waals surface area contributed by atoms with Crippen LogP contribution in [0.15, 0.2) is 48.5 Å². The minimum Gasteiger partial charge on any atom is -0.357 e. The molecule has 26 heavy (non-hydrogen) atoms. The van der Waals surface area contributed by atoms with E-state index < -0.39 is 11.9 Å². The van der Waals surface area contributed by atoms with E-state index >= 15 is 0 Å². The van der Waals surface area contributed by atoms with Gasteiger partial charge < -0.3 is 10.2 Å². The zero-order valence-corrected chi connectivity index (χ0v) is 15.5. The van der Waals surface area contributed by atoms with Crippen molar-refractivity contribution in [2.45, 2.75) is 39.3 Å². The number of amides is 2. The highest BCUT2D eigenvalue weighted by molar-refractivity contribution is 5.88. The summed E-state index contributed by atoms with van der Waals surface area (Å²) < 4.78 is 14.0. The molecule has 0 spiro atoms. The first-order valence-electron chi connectivity index (χ1n) is 8.76. The van der Waals surface area contributed by atoms with Crippen molar-refractivity contribution in [2.75, 3.05) is 7.05 Å². The van der Waals surface area contributed by atoms with Crippen molar-refractivity contribution in [3.8, 4) is 0 Å². The van der Waals surface area contributed by atoms with Gasteiger partial charge in [0.25, 0.3) is 0 Å². The number of aryl methyl sites for hydroxylation is 1.